The molecule has 1 N–H and O–H groups in total. The molecule has 3 aromatic rings. The summed E-state index contributed by atoms with van der Waals surface area (Å²) in [6.07, 6.45) is 6.35. The number of halogens is 1. The second-order valence-electron chi connectivity index (χ2n) is 12.5. The Labute approximate surface area is 240 Å². The molecule has 0 atom stereocenters. The minimum Gasteiger partial charge on any atom is -0.347 e. The molecule has 214 valence electrons. The Morgan fingerprint density at radius 2 is 1.88 bits per heavy atom. The van der Waals surface area contributed by atoms with E-state index in [1.165, 1.54) is 12.3 Å². The van der Waals surface area contributed by atoms with Gasteiger partial charge in [-0.15, -0.1) is 0 Å². The number of aromatic nitrogens is 4. The number of benzene rings is 1. The number of hydrogen-bond acceptors (Lipinski definition) is 6. The number of fused-ring (bicyclic) bond motifs is 1. The fourth-order valence-corrected chi connectivity index (χ4v) is 8.21. The highest BCUT2D eigenvalue weighted by Crippen LogP contribution is 2.55. The summed E-state index contributed by atoms with van der Waals surface area (Å²) in [5.74, 6) is 0.797. The molecule has 12 heteroatoms. The average molecular weight is 586 g/mol. The largest absolute Gasteiger partial charge is 0.347 e. The second kappa shape index (κ2) is 9.06. The zero-order chi connectivity index (χ0) is 28.8. The van der Waals surface area contributed by atoms with Crippen LogP contribution < -0.4 is 4.90 Å². The van der Waals surface area contributed by atoms with Crippen LogP contribution in [-0.2, 0) is 14.8 Å². The lowest BCUT2D eigenvalue weighted by molar-refractivity contribution is -0.149. The summed E-state index contributed by atoms with van der Waals surface area (Å²) in [6.45, 7) is 14.6. The van der Waals surface area contributed by atoms with Gasteiger partial charge in [0.1, 0.15) is 0 Å². The van der Waals surface area contributed by atoms with Crippen LogP contribution in [0, 0.1) is 19.3 Å². The van der Waals surface area contributed by atoms with Crippen LogP contribution in [0.25, 0.3) is 22.0 Å². The number of sulfonamides is 1. The average Bonchev–Trinajstić information content (AvgIpc) is 3.41. The lowest BCUT2D eigenvalue weighted by atomic mass is 9.60. The van der Waals surface area contributed by atoms with Crippen molar-refractivity contribution in [3.63, 3.8) is 0 Å². The number of aromatic amines is 1. The van der Waals surface area contributed by atoms with Crippen molar-refractivity contribution < 1.29 is 13.2 Å². The number of nitrogens with one attached hydrogen (secondary N) is 1. The van der Waals surface area contributed by atoms with Gasteiger partial charge in [-0.25, -0.2) is 8.42 Å². The molecular weight excluding hydrogens is 550 g/mol. The van der Waals surface area contributed by atoms with Crippen LogP contribution in [0.5, 0.6) is 0 Å². The SMILES string of the molecule is C=CC(=O)N1CC2(CC(n3nc(N4CCN(S(C)(=O)=O)CC4(C)C)c(-c4c(Cl)c(C)cc5[nH]ncc45)c3C)C2)C1. The van der Waals surface area contributed by atoms with Crippen molar-refractivity contribution in [2.24, 2.45) is 5.41 Å². The van der Waals surface area contributed by atoms with E-state index >= 15 is 0 Å². The third-order valence-corrected chi connectivity index (χ3v) is 10.8. The molecule has 2 aromatic heterocycles. The van der Waals surface area contributed by atoms with Crippen LogP contribution in [-0.4, -0.2) is 88.0 Å². The summed E-state index contributed by atoms with van der Waals surface area (Å²) in [5, 5.41) is 14.2. The molecule has 0 unspecified atom stereocenters. The number of amides is 1. The van der Waals surface area contributed by atoms with Crippen molar-refractivity contribution in [2.45, 2.75) is 52.1 Å². The summed E-state index contributed by atoms with van der Waals surface area (Å²) in [5.41, 5.74) is 4.35. The summed E-state index contributed by atoms with van der Waals surface area (Å²) in [6, 6.07) is 2.21. The summed E-state index contributed by atoms with van der Waals surface area (Å²) < 4.78 is 28.5. The van der Waals surface area contributed by atoms with Gasteiger partial charge >= 0.3 is 0 Å². The Morgan fingerprint density at radius 1 is 1.18 bits per heavy atom. The van der Waals surface area contributed by atoms with Gasteiger partial charge in [-0.2, -0.15) is 14.5 Å². The van der Waals surface area contributed by atoms with Crippen molar-refractivity contribution in [3.05, 3.63) is 41.2 Å². The number of hydrogen-bond donors (Lipinski definition) is 1. The van der Waals surface area contributed by atoms with Crippen molar-refractivity contribution in [1.82, 2.24) is 29.2 Å². The Morgan fingerprint density at radius 3 is 2.50 bits per heavy atom. The van der Waals surface area contributed by atoms with E-state index < -0.39 is 15.6 Å². The van der Waals surface area contributed by atoms with Gasteiger partial charge in [-0.05, 0) is 58.2 Å². The van der Waals surface area contributed by atoms with Crippen molar-refractivity contribution >= 4 is 44.3 Å². The van der Waals surface area contributed by atoms with E-state index in [1.807, 2.05) is 17.9 Å². The van der Waals surface area contributed by atoms with E-state index in [4.69, 9.17) is 16.7 Å². The number of H-pyrrole nitrogens is 1. The third-order valence-electron chi connectivity index (χ3n) is 9.06. The number of aryl methyl sites for hydroxylation is 1. The highest BCUT2D eigenvalue weighted by Gasteiger charge is 2.54. The number of likely N-dealkylation sites (tertiary alicyclic amines) is 1. The summed E-state index contributed by atoms with van der Waals surface area (Å²) >= 11 is 7.04. The molecule has 4 heterocycles. The van der Waals surface area contributed by atoms with E-state index in [0.717, 1.165) is 65.0 Å². The first kappa shape index (κ1) is 27.3. The smallest absolute Gasteiger partial charge is 0.245 e. The molecule has 0 bridgehead atoms. The molecule has 40 heavy (non-hydrogen) atoms. The normalized spacial score (nSPS) is 21.1. The van der Waals surface area contributed by atoms with Crippen LogP contribution in [0.4, 0.5) is 5.82 Å². The first-order chi connectivity index (χ1) is 18.7. The third kappa shape index (κ3) is 4.16. The maximum atomic E-state index is 12.4. The number of carbonyl (C=O) groups excluding carboxylic acids is 1. The van der Waals surface area contributed by atoms with E-state index in [9.17, 15) is 13.2 Å². The predicted octanol–water partition coefficient (Wildman–Crippen LogP) is 3.91. The Balaban J connectivity index is 1.43. The minimum absolute atomic E-state index is 0.0115. The maximum Gasteiger partial charge on any atom is 0.245 e. The number of anilines is 1. The van der Waals surface area contributed by atoms with Gasteiger partial charge in [0.05, 0.1) is 29.0 Å². The van der Waals surface area contributed by atoms with Crippen LogP contribution in [0.3, 0.4) is 0 Å². The van der Waals surface area contributed by atoms with Crippen LogP contribution in [0.2, 0.25) is 5.02 Å². The van der Waals surface area contributed by atoms with Crippen LogP contribution >= 0.6 is 11.6 Å². The predicted molar refractivity (Wildman–Crippen MR) is 157 cm³/mol. The molecule has 2 saturated heterocycles. The molecule has 3 aliphatic rings. The number of nitrogens with zero attached hydrogens (tertiary/aromatic N) is 6. The lowest BCUT2D eigenvalue weighted by Crippen LogP contribution is -2.63. The Hall–Kier alpha value is -2.89. The summed E-state index contributed by atoms with van der Waals surface area (Å²) in [4.78, 5) is 16.1. The van der Waals surface area contributed by atoms with Crippen molar-refractivity contribution in [3.8, 4) is 11.1 Å². The van der Waals surface area contributed by atoms with Crippen LogP contribution in [0.1, 0.15) is 44.0 Å². The van der Waals surface area contributed by atoms with Gasteiger partial charge in [0.25, 0.3) is 0 Å². The fourth-order valence-electron chi connectivity index (χ4n) is 6.99. The maximum absolute atomic E-state index is 12.4. The molecule has 1 amide bonds. The highest BCUT2D eigenvalue weighted by molar-refractivity contribution is 7.88. The van der Waals surface area contributed by atoms with E-state index in [0.29, 0.717) is 24.7 Å². The molecule has 2 aliphatic heterocycles. The molecule has 1 saturated carbocycles. The topological polar surface area (TPSA) is 107 Å². The van der Waals surface area contributed by atoms with E-state index in [2.05, 4.69) is 47.1 Å². The molecule has 10 nitrogen and oxygen atoms in total. The first-order valence-electron chi connectivity index (χ1n) is 13.6. The van der Waals surface area contributed by atoms with Gasteiger partial charge in [0, 0.05) is 65.9 Å². The fraction of sp³-hybridized carbons (Fsp3) is 0.536. The summed E-state index contributed by atoms with van der Waals surface area (Å²) in [7, 11) is -3.32. The monoisotopic (exact) mass is 585 g/mol. The minimum atomic E-state index is -3.32. The molecule has 3 fully saturated rings. The number of rotatable bonds is 5. The molecular formula is C28H36ClN7O3S. The number of carbonyl (C=O) groups is 1. The van der Waals surface area contributed by atoms with Crippen molar-refractivity contribution in [2.75, 3.05) is 43.9 Å². The zero-order valence-electron chi connectivity index (χ0n) is 23.7. The molecule has 1 spiro atoms. The lowest BCUT2D eigenvalue weighted by Gasteiger charge is -2.58. The number of piperazine rings is 1. The molecule has 6 rings (SSSR count). The second-order valence-corrected chi connectivity index (χ2v) is 14.8. The van der Waals surface area contributed by atoms with Gasteiger partial charge in [0.2, 0.25) is 15.9 Å². The molecule has 0 radical (unpaired) electrons. The van der Waals surface area contributed by atoms with E-state index in [-0.39, 0.29) is 17.4 Å². The zero-order valence-corrected chi connectivity index (χ0v) is 25.2. The van der Waals surface area contributed by atoms with Gasteiger partial charge in [-0.3, -0.25) is 14.6 Å². The Kier molecular flexibility index (Phi) is 6.18. The Bertz CT molecular complexity index is 1640. The van der Waals surface area contributed by atoms with E-state index in [1.54, 1.807) is 10.5 Å². The molecule has 1 aliphatic carbocycles. The quantitative estimate of drug-likeness (QED) is 0.455. The molecule has 1 aromatic carbocycles. The van der Waals surface area contributed by atoms with Crippen molar-refractivity contribution in [1.29, 1.82) is 0 Å². The van der Waals surface area contributed by atoms with Crippen LogP contribution in [0.15, 0.2) is 24.9 Å². The standard InChI is InChI=1S/C28H36ClN7O3S/c1-7-22(37)33-15-28(16-33)11-19(12-28)36-18(3)23(24-20-13-30-31-21(20)10-17(2)25(24)29)26(32-36)35-9-8-34(40(6,38)39)14-27(35,4)5/h7,10,13,19H,1,8-9,11-12,14-16H2,2-6H3,(H,30,31). The highest BCUT2D eigenvalue weighted by atomic mass is 35.5. The first-order valence-corrected chi connectivity index (χ1v) is 15.8. The van der Waals surface area contributed by atoms with Gasteiger partial charge in [-0.1, -0.05) is 18.2 Å². The van der Waals surface area contributed by atoms with Gasteiger partial charge in [0.15, 0.2) is 5.82 Å². The van der Waals surface area contributed by atoms with Gasteiger partial charge < -0.3 is 9.80 Å².